The summed E-state index contributed by atoms with van der Waals surface area (Å²) in [4.78, 5) is 23.2. The molecule has 0 saturated heterocycles. The molecule has 5 nitrogen and oxygen atoms in total. The number of carbonyl (C=O) groups is 1. The minimum Gasteiger partial charge on any atom is -0.504 e. The number of benzene rings is 1. The molecule has 0 fully saturated rings. The van der Waals surface area contributed by atoms with Crippen molar-refractivity contribution >= 4 is 5.97 Å². The van der Waals surface area contributed by atoms with Gasteiger partial charge in [-0.05, 0) is 56.1 Å². The van der Waals surface area contributed by atoms with Gasteiger partial charge in [-0.25, -0.2) is 4.79 Å². The number of phenolic OH excluding ortho intramolecular Hbond substituents is 2. The normalized spacial score (nSPS) is 11.2. The van der Waals surface area contributed by atoms with Crippen LogP contribution in [0.4, 0.5) is 0 Å². The molecule has 1 aromatic rings. The Kier molecular flexibility index (Phi) is 18.2. The van der Waals surface area contributed by atoms with Crippen LogP contribution in [-0.4, -0.2) is 22.8 Å². The number of rotatable bonds is 22. The topological polar surface area (TPSA) is 76.0 Å². The van der Waals surface area contributed by atoms with Crippen LogP contribution in [0.15, 0.2) is 0 Å². The van der Waals surface area contributed by atoms with E-state index in [2.05, 4.69) is 20.8 Å². The molecule has 0 heterocycles. The van der Waals surface area contributed by atoms with Gasteiger partial charge in [0.15, 0.2) is 11.5 Å². The fourth-order valence-corrected chi connectivity index (χ4v) is 4.88. The van der Waals surface area contributed by atoms with Crippen molar-refractivity contribution < 1.29 is 24.8 Å². The maximum Gasteiger partial charge on any atom is 0.377 e. The van der Waals surface area contributed by atoms with Gasteiger partial charge in [-0.1, -0.05) is 105 Å². The highest BCUT2D eigenvalue weighted by atomic mass is 17.2. The molecule has 0 aliphatic rings. The molecule has 0 atom stereocenters. The fourth-order valence-electron chi connectivity index (χ4n) is 4.88. The Morgan fingerprint density at radius 1 is 0.556 bits per heavy atom. The molecule has 0 saturated carbocycles. The summed E-state index contributed by atoms with van der Waals surface area (Å²) in [6, 6.07) is 0. The van der Waals surface area contributed by atoms with Crippen LogP contribution in [0.1, 0.15) is 157 Å². The number of phenols is 2. The molecule has 0 aliphatic heterocycles. The lowest BCUT2D eigenvalue weighted by molar-refractivity contribution is -0.240. The van der Waals surface area contributed by atoms with Crippen LogP contribution in [0.25, 0.3) is 0 Å². The molecule has 1 rings (SSSR count). The van der Waals surface area contributed by atoms with E-state index in [1.165, 1.54) is 51.4 Å². The van der Waals surface area contributed by atoms with Gasteiger partial charge in [-0.15, -0.1) is 0 Å². The zero-order valence-corrected chi connectivity index (χ0v) is 23.8. The van der Waals surface area contributed by atoms with E-state index in [4.69, 9.17) is 9.78 Å². The highest BCUT2D eigenvalue weighted by Crippen LogP contribution is 2.41. The third kappa shape index (κ3) is 11.5. The molecule has 36 heavy (non-hydrogen) atoms. The van der Waals surface area contributed by atoms with Crippen LogP contribution in [0, 0.1) is 0 Å². The monoisotopic (exact) mass is 506 g/mol. The molecule has 0 spiro atoms. The van der Waals surface area contributed by atoms with E-state index < -0.39 is 5.97 Å². The Morgan fingerprint density at radius 2 is 1.00 bits per heavy atom. The van der Waals surface area contributed by atoms with E-state index in [9.17, 15) is 15.0 Å². The molecule has 208 valence electrons. The van der Waals surface area contributed by atoms with Crippen LogP contribution in [-0.2, 0) is 29.0 Å². The van der Waals surface area contributed by atoms with Gasteiger partial charge in [-0.3, -0.25) is 4.89 Å². The first-order valence-corrected chi connectivity index (χ1v) is 14.9. The molecular formula is C31H54O5. The van der Waals surface area contributed by atoms with Crippen molar-refractivity contribution in [1.29, 1.82) is 0 Å². The van der Waals surface area contributed by atoms with E-state index in [-0.39, 0.29) is 17.1 Å². The van der Waals surface area contributed by atoms with Gasteiger partial charge < -0.3 is 10.2 Å². The summed E-state index contributed by atoms with van der Waals surface area (Å²) in [6.07, 6.45) is 19.9. The minimum absolute atomic E-state index is 0.0948. The zero-order valence-electron chi connectivity index (χ0n) is 23.8. The lowest BCUT2D eigenvalue weighted by Gasteiger charge is -2.21. The highest BCUT2D eigenvalue weighted by molar-refractivity contribution is 5.95. The second-order valence-electron chi connectivity index (χ2n) is 10.2. The zero-order chi connectivity index (χ0) is 26.6. The van der Waals surface area contributed by atoms with Crippen LogP contribution in [0.2, 0.25) is 0 Å². The molecule has 0 amide bonds. The van der Waals surface area contributed by atoms with Gasteiger partial charge in [0.1, 0.15) is 5.56 Å². The number of hydrogen-bond donors (Lipinski definition) is 2. The lowest BCUT2D eigenvalue weighted by atomic mass is 9.85. The van der Waals surface area contributed by atoms with E-state index in [0.29, 0.717) is 13.0 Å². The standard InChI is InChI=1S/C31H54O5/c1-5-9-12-15-18-21-25-26(22-19-16-13-10-6-2)28(31(34)36-35-24-8-4)30(33)29(32)27(25)23-20-17-14-11-7-3/h32-33H,5-24H2,1-4H3. The lowest BCUT2D eigenvalue weighted by Crippen LogP contribution is -2.14. The molecule has 0 unspecified atom stereocenters. The average molecular weight is 507 g/mol. The van der Waals surface area contributed by atoms with Gasteiger partial charge in [0, 0.05) is 5.56 Å². The number of carbonyl (C=O) groups excluding carboxylic acids is 1. The predicted octanol–water partition coefficient (Wildman–Crippen LogP) is 9.13. The Balaban J connectivity index is 3.33. The largest absolute Gasteiger partial charge is 0.504 e. The smallest absolute Gasteiger partial charge is 0.377 e. The van der Waals surface area contributed by atoms with Crippen molar-refractivity contribution in [1.82, 2.24) is 0 Å². The maximum atomic E-state index is 13.0. The van der Waals surface area contributed by atoms with Crippen molar-refractivity contribution in [3.8, 4) is 11.5 Å². The first-order chi connectivity index (χ1) is 17.5. The molecular weight excluding hydrogens is 452 g/mol. The summed E-state index contributed by atoms with van der Waals surface area (Å²) >= 11 is 0. The Morgan fingerprint density at radius 3 is 1.47 bits per heavy atom. The Labute approximate surface area is 220 Å². The van der Waals surface area contributed by atoms with E-state index in [0.717, 1.165) is 80.9 Å². The van der Waals surface area contributed by atoms with Crippen molar-refractivity contribution in [2.75, 3.05) is 6.61 Å². The Bertz CT molecular complexity index is 728. The van der Waals surface area contributed by atoms with Crippen molar-refractivity contribution in [3.05, 3.63) is 22.3 Å². The van der Waals surface area contributed by atoms with Crippen LogP contribution in [0.3, 0.4) is 0 Å². The average Bonchev–Trinajstić information content (AvgIpc) is 2.87. The summed E-state index contributed by atoms with van der Waals surface area (Å²) in [5, 5.41) is 22.1. The minimum atomic E-state index is -0.707. The molecule has 1 aromatic carbocycles. The highest BCUT2D eigenvalue weighted by Gasteiger charge is 2.28. The van der Waals surface area contributed by atoms with Gasteiger partial charge in [0.05, 0.1) is 6.61 Å². The number of aromatic hydroxyl groups is 2. The SMILES string of the molecule is CCCCCCCc1c(O)c(O)c(C(=O)OOCCC)c(CCCCCCC)c1CCCCCCC. The summed E-state index contributed by atoms with van der Waals surface area (Å²) in [7, 11) is 0. The summed E-state index contributed by atoms with van der Waals surface area (Å²) < 4.78 is 0. The number of unbranched alkanes of at least 4 members (excludes halogenated alkanes) is 12. The van der Waals surface area contributed by atoms with Crippen LogP contribution >= 0.6 is 0 Å². The summed E-state index contributed by atoms with van der Waals surface area (Å²) in [6.45, 7) is 8.85. The predicted molar refractivity (Wildman–Crippen MR) is 149 cm³/mol. The molecule has 0 bridgehead atoms. The summed E-state index contributed by atoms with van der Waals surface area (Å²) in [5.41, 5.74) is 2.83. The van der Waals surface area contributed by atoms with Crippen molar-refractivity contribution in [2.24, 2.45) is 0 Å². The van der Waals surface area contributed by atoms with Crippen molar-refractivity contribution in [3.63, 3.8) is 0 Å². The van der Waals surface area contributed by atoms with Crippen LogP contribution in [0.5, 0.6) is 11.5 Å². The van der Waals surface area contributed by atoms with Crippen LogP contribution < -0.4 is 0 Å². The molecule has 0 aromatic heterocycles. The van der Waals surface area contributed by atoms with Crippen molar-refractivity contribution in [2.45, 2.75) is 150 Å². The second-order valence-corrected chi connectivity index (χ2v) is 10.2. The first kappa shape index (κ1) is 32.3. The quantitative estimate of drug-likeness (QED) is 0.0709. The third-order valence-corrected chi connectivity index (χ3v) is 6.99. The molecule has 5 heteroatoms. The Hall–Kier alpha value is -1.75. The third-order valence-electron chi connectivity index (χ3n) is 6.99. The molecule has 0 aliphatic carbocycles. The fraction of sp³-hybridized carbons (Fsp3) is 0.774. The van der Waals surface area contributed by atoms with Gasteiger partial charge in [0.2, 0.25) is 0 Å². The second kappa shape index (κ2) is 20.3. The maximum absolute atomic E-state index is 13.0. The first-order valence-electron chi connectivity index (χ1n) is 14.9. The van der Waals surface area contributed by atoms with Gasteiger partial charge in [-0.2, -0.15) is 4.89 Å². The molecule has 0 radical (unpaired) electrons. The van der Waals surface area contributed by atoms with E-state index in [1.807, 2.05) is 6.92 Å². The number of hydrogen-bond acceptors (Lipinski definition) is 5. The summed E-state index contributed by atoms with van der Waals surface area (Å²) in [5.74, 6) is -1.20. The van der Waals surface area contributed by atoms with E-state index in [1.54, 1.807) is 0 Å². The molecule has 2 N–H and O–H groups in total. The van der Waals surface area contributed by atoms with Gasteiger partial charge >= 0.3 is 5.97 Å². The van der Waals surface area contributed by atoms with E-state index >= 15 is 0 Å². The van der Waals surface area contributed by atoms with Gasteiger partial charge in [0.25, 0.3) is 0 Å².